The Morgan fingerprint density at radius 1 is 0.346 bits per heavy atom. The number of aromatic nitrogens is 6. The lowest BCUT2D eigenvalue weighted by molar-refractivity contribution is 0.481. The summed E-state index contributed by atoms with van der Waals surface area (Å²) in [5, 5.41) is 16.5. The first-order valence-electron chi connectivity index (χ1n) is 14.1. The van der Waals surface area contributed by atoms with Crippen molar-refractivity contribution in [2.24, 2.45) is 0 Å². The standard InChI is InChI=1S/C30H20N6O12S4/c37-49(38,39)21-9-1-5-17(13-21)25-27(19-7-3-11-23(15-19)51(43,44)45)33-35-29(31-25)30-32-26(18-6-2-10-22(14-18)50(40,41)42)28(34-36-30)20-8-4-12-24(16-20)52(46,47)48/h1-16H,(H,37,38,39)(H,40,41,42)(H,43,44,45)(H,46,47,48). The fraction of sp³-hybridized carbons (Fsp3) is 0. The smallest absolute Gasteiger partial charge is 0.282 e. The van der Waals surface area contributed by atoms with Gasteiger partial charge in [-0.15, -0.1) is 20.4 Å². The summed E-state index contributed by atoms with van der Waals surface area (Å²) in [4.78, 5) is 6.86. The van der Waals surface area contributed by atoms with E-state index in [9.17, 15) is 51.9 Å². The highest BCUT2D eigenvalue weighted by atomic mass is 32.2. The van der Waals surface area contributed by atoms with Crippen LogP contribution in [0.1, 0.15) is 0 Å². The van der Waals surface area contributed by atoms with Crippen LogP contribution in [0.2, 0.25) is 0 Å². The van der Waals surface area contributed by atoms with Gasteiger partial charge in [0.1, 0.15) is 22.8 Å². The lowest BCUT2D eigenvalue weighted by Crippen LogP contribution is -2.07. The Kier molecular flexibility index (Phi) is 9.27. The summed E-state index contributed by atoms with van der Waals surface area (Å²) >= 11 is 0. The molecule has 0 atom stereocenters. The van der Waals surface area contributed by atoms with Crippen LogP contribution in [0.3, 0.4) is 0 Å². The molecule has 2 heterocycles. The van der Waals surface area contributed by atoms with Crippen molar-refractivity contribution in [3.05, 3.63) is 97.1 Å². The summed E-state index contributed by atoms with van der Waals surface area (Å²) in [7, 11) is -18.8. The highest BCUT2D eigenvalue weighted by molar-refractivity contribution is 7.86. The van der Waals surface area contributed by atoms with E-state index in [1.54, 1.807) is 0 Å². The summed E-state index contributed by atoms with van der Waals surface area (Å²) < 4.78 is 134. The molecule has 0 bridgehead atoms. The minimum absolute atomic E-state index is 0.0335. The normalized spacial score (nSPS) is 12.5. The molecule has 0 spiro atoms. The van der Waals surface area contributed by atoms with Crippen molar-refractivity contribution in [3.8, 4) is 56.7 Å². The molecular formula is C30H20N6O12S4. The van der Waals surface area contributed by atoms with Crippen LogP contribution in [-0.4, -0.2) is 82.2 Å². The second kappa shape index (κ2) is 13.3. The molecular weight excluding hydrogens is 765 g/mol. The van der Waals surface area contributed by atoms with E-state index in [1.807, 2.05) is 0 Å². The molecule has 0 aliphatic heterocycles. The van der Waals surface area contributed by atoms with E-state index >= 15 is 0 Å². The monoisotopic (exact) mass is 784 g/mol. The Morgan fingerprint density at radius 3 is 0.846 bits per heavy atom. The third-order valence-electron chi connectivity index (χ3n) is 7.19. The zero-order valence-corrected chi connectivity index (χ0v) is 28.9. The fourth-order valence-corrected chi connectivity index (χ4v) is 6.95. The SMILES string of the molecule is O=S(=O)(O)c1cccc(-c2nnc(-c3nnc(-c4cccc(S(=O)(=O)O)c4)c(-c4cccc(S(=O)(=O)O)c4)n3)nc2-c2cccc(S(=O)(=O)O)c2)c1. The van der Waals surface area contributed by atoms with Crippen molar-refractivity contribution in [1.82, 2.24) is 30.4 Å². The summed E-state index contributed by atoms with van der Waals surface area (Å²) in [6.45, 7) is 0. The van der Waals surface area contributed by atoms with Crippen LogP contribution >= 0.6 is 0 Å². The van der Waals surface area contributed by atoms with Gasteiger partial charge in [-0.2, -0.15) is 33.7 Å². The van der Waals surface area contributed by atoms with Crippen molar-refractivity contribution < 1.29 is 51.9 Å². The van der Waals surface area contributed by atoms with Crippen molar-refractivity contribution in [1.29, 1.82) is 0 Å². The Balaban J connectivity index is 1.61. The van der Waals surface area contributed by atoms with E-state index in [1.165, 1.54) is 48.5 Å². The first-order chi connectivity index (χ1) is 24.3. The third kappa shape index (κ3) is 7.73. The van der Waals surface area contributed by atoms with Crippen molar-refractivity contribution in [2.75, 3.05) is 0 Å². The first kappa shape index (κ1) is 36.3. The Hall–Kier alpha value is -5.46. The van der Waals surface area contributed by atoms with Gasteiger partial charge in [0.05, 0.1) is 19.6 Å². The molecule has 0 fully saturated rings. The van der Waals surface area contributed by atoms with Crippen molar-refractivity contribution in [2.45, 2.75) is 19.6 Å². The molecule has 6 rings (SSSR count). The zero-order valence-electron chi connectivity index (χ0n) is 25.6. The molecule has 52 heavy (non-hydrogen) atoms. The average Bonchev–Trinajstić information content (AvgIpc) is 3.10. The van der Waals surface area contributed by atoms with Crippen LogP contribution in [-0.2, 0) is 40.5 Å². The number of hydrogen-bond acceptors (Lipinski definition) is 14. The largest absolute Gasteiger partial charge is 0.294 e. The second-order valence-electron chi connectivity index (χ2n) is 10.7. The molecule has 18 nitrogen and oxygen atoms in total. The van der Waals surface area contributed by atoms with Gasteiger partial charge < -0.3 is 0 Å². The molecule has 6 aromatic rings. The van der Waals surface area contributed by atoms with Crippen LogP contribution in [0.15, 0.2) is 117 Å². The van der Waals surface area contributed by atoms with Gasteiger partial charge in [-0.1, -0.05) is 48.5 Å². The number of hydrogen-bond donors (Lipinski definition) is 4. The molecule has 0 saturated carbocycles. The quantitative estimate of drug-likeness (QED) is 0.153. The minimum atomic E-state index is -4.72. The summed E-state index contributed by atoms with van der Waals surface area (Å²) in [5.74, 6) is -0.722. The van der Waals surface area contributed by atoms with E-state index in [-0.39, 0.29) is 56.7 Å². The molecule has 2 aromatic heterocycles. The Bertz CT molecular complexity index is 2680. The van der Waals surface area contributed by atoms with Gasteiger partial charge in [0.2, 0.25) is 11.6 Å². The lowest BCUT2D eigenvalue weighted by atomic mass is 10.0. The predicted molar refractivity (Wildman–Crippen MR) is 180 cm³/mol. The Morgan fingerprint density at radius 2 is 0.596 bits per heavy atom. The topological polar surface area (TPSA) is 295 Å². The van der Waals surface area contributed by atoms with Crippen LogP contribution in [0.25, 0.3) is 56.7 Å². The van der Waals surface area contributed by atoms with Gasteiger partial charge in [-0.3, -0.25) is 18.2 Å². The van der Waals surface area contributed by atoms with E-state index in [2.05, 4.69) is 30.4 Å². The van der Waals surface area contributed by atoms with E-state index in [0.717, 1.165) is 48.5 Å². The summed E-state index contributed by atoms with van der Waals surface area (Å²) in [5.41, 5.74) is -0.311. The Labute approximate surface area is 294 Å². The van der Waals surface area contributed by atoms with Crippen LogP contribution < -0.4 is 0 Å². The molecule has 266 valence electrons. The number of nitrogens with zero attached hydrogens (tertiary/aromatic N) is 6. The molecule has 0 saturated heterocycles. The molecule has 4 aromatic carbocycles. The third-order valence-corrected chi connectivity index (χ3v) is 10.6. The number of benzene rings is 4. The van der Waals surface area contributed by atoms with Crippen molar-refractivity contribution >= 4 is 40.5 Å². The molecule has 0 unspecified atom stereocenters. The highest BCUT2D eigenvalue weighted by Crippen LogP contribution is 2.34. The maximum Gasteiger partial charge on any atom is 0.294 e. The highest BCUT2D eigenvalue weighted by Gasteiger charge is 2.23. The molecule has 4 N–H and O–H groups in total. The predicted octanol–water partition coefficient (Wildman–Crippen LogP) is 3.38. The molecule has 0 aliphatic rings. The van der Waals surface area contributed by atoms with Crippen LogP contribution in [0.4, 0.5) is 0 Å². The van der Waals surface area contributed by atoms with Gasteiger partial charge in [0.25, 0.3) is 40.5 Å². The van der Waals surface area contributed by atoms with Gasteiger partial charge >= 0.3 is 0 Å². The summed E-state index contributed by atoms with van der Waals surface area (Å²) in [6, 6.07) is 19.4. The van der Waals surface area contributed by atoms with Crippen molar-refractivity contribution in [3.63, 3.8) is 0 Å². The van der Waals surface area contributed by atoms with E-state index < -0.39 is 60.1 Å². The zero-order chi connectivity index (χ0) is 37.6. The molecule has 0 amide bonds. The van der Waals surface area contributed by atoms with Gasteiger partial charge in [0, 0.05) is 22.3 Å². The van der Waals surface area contributed by atoms with Gasteiger partial charge in [-0.25, -0.2) is 9.97 Å². The number of rotatable bonds is 9. The average molecular weight is 785 g/mol. The summed E-state index contributed by atoms with van der Waals surface area (Å²) in [6.07, 6.45) is 0. The maximum absolute atomic E-state index is 12.0. The van der Waals surface area contributed by atoms with Crippen LogP contribution in [0.5, 0.6) is 0 Å². The van der Waals surface area contributed by atoms with Gasteiger partial charge in [-0.05, 0) is 48.5 Å². The lowest BCUT2D eigenvalue weighted by Gasteiger charge is -2.12. The second-order valence-corrected chi connectivity index (χ2v) is 16.4. The van der Waals surface area contributed by atoms with Gasteiger partial charge in [0.15, 0.2) is 0 Å². The maximum atomic E-state index is 12.0. The molecule has 0 aliphatic carbocycles. The first-order valence-corrected chi connectivity index (χ1v) is 19.9. The van der Waals surface area contributed by atoms with Crippen LogP contribution in [0, 0.1) is 0 Å². The fourth-order valence-electron chi connectivity index (χ4n) is 4.85. The van der Waals surface area contributed by atoms with E-state index in [4.69, 9.17) is 0 Å². The minimum Gasteiger partial charge on any atom is -0.282 e. The molecule has 22 heteroatoms. The van der Waals surface area contributed by atoms with E-state index in [0.29, 0.717) is 0 Å². The molecule has 0 radical (unpaired) electrons.